The van der Waals surface area contributed by atoms with Gasteiger partial charge in [-0.25, -0.2) is 4.98 Å². The molecule has 0 unspecified atom stereocenters. The molecule has 9 nitrogen and oxygen atoms in total. The molecule has 0 radical (unpaired) electrons. The average Bonchev–Trinajstić information content (AvgIpc) is 2.73. The number of nitro groups is 1. The quantitative estimate of drug-likeness (QED) is 0.463. The lowest BCUT2D eigenvalue weighted by Crippen LogP contribution is -2.42. The van der Waals surface area contributed by atoms with Crippen LogP contribution >= 0.6 is 0 Å². The van der Waals surface area contributed by atoms with Gasteiger partial charge in [0.1, 0.15) is 11.5 Å². The van der Waals surface area contributed by atoms with Gasteiger partial charge in [-0.3, -0.25) is 19.7 Å². The van der Waals surface area contributed by atoms with Crippen LogP contribution in [0.5, 0.6) is 0 Å². The van der Waals surface area contributed by atoms with Gasteiger partial charge >= 0.3 is 11.8 Å². The van der Waals surface area contributed by atoms with Gasteiger partial charge in [-0.15, -0.1) is 0 Å². The molecule has 3 rings (SSSR count). The van der Waals surface area contributed by atoms with E-state index in [4.69, 9.17) is 0 Å². The Hall–Kier alpha value is -3.49. The molecule has 1 aromatic carbocycles. The molecule has 1 fully saturated rings. The Morgan fingerprint density at radius 1 is 1.11 bits per heavy atom. The number of anilines is 2. The van der Waals surface area contributed by atoms with E-state index in [-0.39, 0.29) is 17.3 Å². The Labute approximate surface area is 161 Å². The van der Waals surface area contributed by atoms with Crippen molar-refractivity contribution in [3.05, 3.63) is 58.8 Å². The van der Waals surface area contributed by atoms with Gasteiger partial charge in [-0.2, -0.15) is 0 Å². The molecule has 9 heteroatoms. The van der Waals surface area contributed by atoms with Gasteiger partial charge in [-0.1, -0.05) is 18.2 Å². The fraction of sp³-hybridized carbons (Fsp3) is 0.316. The van der Waals surface area contributed by atoms with Crippen LogP contribution in [0, 0.1) is 16.0 Å². The number of nitrogens with one attached hydrogen (secondary N) is 2. The molecule has 2 aromatic rings. The molecule has 1 aliphatic rings. The Balaban J connectivity index is 1.46. The number of aromatic nitrogens is 1. The molecule has 1 aliphatic heterocycles. The van der Waals surface area contributed by atoms with Crippen molar-refractivity contribution in [2.24, 2.45) is 5.92 Å². The van der Waals surface area contributed by atoms with Crippen molar-refractivity contribution in [1.29, 1.82) is 0 Å². The number of nitro benzene ring substituents is 1. The van der Waals surface area contributed by atoms with Gasteiger partial charge in [-0.05, 0) is 37.0 Å². The molecule has 2 N–H and O–H groups in total. The van der Waals surface area contributed by atoms with E-state index in [1.54, 1.807) is 12.3 Å². The van der Waals surface area contributed by atoms with E-state index in [0.29, 0.717) is 6.54 Å². The smallest absolute Gasteiger partial charge is 0.313 e. The minimum atomic E-state index is -0.916. The molecule has 1 aromatic heterocycles. The normalized spacial score (nSPS) is 14.4. The highest BCUT2D eigenvalue weighted by Crippen LogP contribution is 2.23. The van der Waals surface area contributed by atoms with Crippen molar-refractivity contribution in [1.82, 2.24) is 10.3 Å². The van der Waals surface area contributed by atoms with Gasteiger partial charge in [0.25, 0.3) is 5.69 Å². The van der Waals surface area contributed by atoms with Crippen LogP contribution in [-0.4, -0.2) is 41.4 Å². The first-order chi connectivity index (χ1) is 13.5. The van der Waals surface area contributed by atoms with Gasteiger partial charge in [0.05, 0.1) is 4.92 Å². The van der Waals surface area contributed by atoms with Gasteiger partial charge in [0, 0.05) is 31.9 Å². The highest BCUT2D eigenvalue weighted by atomic mass is 16.6. The molecule has 1 saturated heterocycles. The third kappa shape index (κ3) is 4.81. The summed E-state index contributed by atoms with van der Waals surface area (Å²) < 4.78 is 0. The maximum atomic E-state index is 12.0. The lowest BCUT2D eigenvalue weighted by molar-refractivity contribution is -0.383. The van der Waals surface area contributed by atoms with Gasteiger partial charge in [0.15, 0.2) is 0 Å². The van der Waals surface area contributed by atoms with Crippen molar-refractivity contribution >= 4 is 29.0 Å². The first-order valence-corrected chi connectivity index (χ1v) is 9.03. The highest BCUT2D eigenvalue weighted by molar-refractivity contribution is 6.39. The second kappa shape index (κ2) is 8.94. The molecule has 0 atom stereocenters. The van der Waals surface area contributed by atoms with Crippen LogP contribution in [0.1, 0.15) is 12.8 Å². The maximum absolute atomic E-state index is 12.0. The van der Waals surface area contributed by atoms with Crippen LogP contribution in [0.2, 0.25) is 0 Å². The average molecular weight is 383 g/mol. The summed E-state index contributed by atoms with van der Waals surface area (Å²) in [5.41, 5.74) is -0.262. The number of amides is 2. The van der Waals surface area contributed by atoms with Crippen molar-refractivity contribution < 1.29 is 14.5 Å². The summed E-state index contributed by atoms with van der Waals surface area (Å²) in [6.07, 6.45) is 3.52. The molecule has 0 saturated carbocycles. The Kier molecular flexibility index (Phi) is 6.15. The van der Waals surface area contributed by atoms with E-state index in [0.717, 1.165) is 31.7 Å². The van der Waals surface area contributed by atoms with E-state index in [9.17, 15) is 19.7 Å². The number of nitrogens with zero attached hydrogens (tertiary/aromatic N) is 3. The lowest BCUT2D eigenvalue weighted by Gasteiger charge is -2.32. The summed E-state index contributed by atoms with van der Waals surface area (Å²) in [5, 5.41) is 15.9. The predicted octanol–water partition coefficient (Wildman–Crippen LogP) is 1.96. The second-order valence-corrected chi connectivity index (χ2v) is 6.56. The number of benzene rings is 1. The van der Waals surface area contributed by atoms with Crippen LogP contribution in [0.4, 0.5) is 17.2 Å². The molecule has 146 valence electrons. The van der Waals surface area contributed by atoms with Crippen molar-refractivity contribution in [2.75, 3.05) is 29.9 Å². The number of carbonyl (C=O) groups is 2. The van der Waals surface area contributed by atoms with Crippen molar-refractivity contribution in [2.45, 2.75) is 12.8 Å². The molecule has 2 amide bonds. The zero-order valence-corrected chi connectivity index (χ0v) is 15.2. The molecule has 0 spiro atoms. The summed E-state index contributed by atoms with van der Waals surface area (Å²) in [7, 11) is 0. The monoisotopic (exact) mass is 383 g/mol. The van der Waals surface area contributed by atoms with E-state index >= 15 is 0 Å². The maximum Gasteiger partial charge on any atom is 0.313 e. The summed E-state index contributed by atoms with van der Waals surface area (Å²) in [6, 6.07) is 11.5. The minimum absolute atomic E-state index is 0.00341. The lowest BCUT2D eigenvalue weighted by atomic mass is 9.97. The third-order valence-corrected chi connectivity index (χ3v) is 4.69. The van der Waals surface area contributed by atoms with Gasteiger partial charge < -0.3 is 15.5 Å². The van der Waals surface area contributed by atoms with Crippen molar-refractivity contribution in [3.63, 3.8) is 0 Å². The van der Waals surface area contributed by atoms with E-state index in [1.807, 2.05) is 18.2 Å². The Morgan fingerprint density at radius 2 is 1.82 bits per heavy atom. The zero-order valence-electron chi connectivity index (χ0n) is 15.2. The Bertz CT molecular complexity index is 850. The number of pyridine rings is 1. The molecule has 2 heterocycles. The van der Waals surface area contributed by atoms with Crippen LogP contribution < -0.4 is 15.5 Å². The second-order valence-electron chi connectivity index (χ2n) is 6.56. The number of para-hydroxylation sites is 2. The first-order valence-electron chi connectivity index (χ1n) is 9.03. The number of hydrogen-bond donors (Lipinski definition) is 2. The van der Waals surface area contributed by atoms with E-state index in [2.05, 4.69) is 20.5 Å². The van der Waals surface area contributed by atoms with Crippen LogP contribution in [0.25, 0.3) is 0 Å². The largest absolute Gasteiger partial charge is 0.357 e. The molecule has 0 bridgehead atoms. The van der Waals surface area contributed by atoms with Crippen LogP contribution in [-0.2, 0) is 9.59 Å². The van der Waals surface area contributed by atoms with Gasteiger partial charge in [0.2, 0.25) is 0 Å². The minimum Gasteiger partial charge on any atom is -0.357 e. The molecule has 0 aliphatic carbocycles. The third-order valence-electron chi connectivity index (χ3n) is 4.69. The Morgan fingerprint density at radius 3 is 2.50 bits per heavy atom. The summed E-state index contributed by atoms with van der Waals surface area (Å²) >= 11 is 0. The van der Waals surface area contributed by atoms with E-state index in [1.165, 1.54) is 18.2 Å². The van der Waals surface area contributed by atoms with Crippen LogP contribution in [0.3, 0.4) is 0 Å². The first kappa shape index (κ1) is 19.3. The molecule has 28 heavy (non-hydrogen) atoms. The standard InChI is InChI=1S/C19H21N5O4/c25-18(19(26)22-15-5-1-2-6-16(15)24(27)28)21-13-14-8-11-23(12-9-14)17-7-3-4-10-20-17/h1-7,10,14H,8-9,11-13H2,(H,21,25)(H,22,26). The molecular weight excluding hydrogens is 362 g/mol. The number of piperidine rings is 1. The zero-order chi connectivity index (χ0) is 19.9. The summed E-state index contributed by atoms with van der Waals surface area (Å²) in [4.78, 5) is 41.0. The predicted molar refractivity (Wildman–Crippen MR) is 104 cm³/mol. The van der Waals surface area contributed by atoms with Crippen molar-refractivity contribution in [3.8, 4) is 0 Å². The fourth-order valence-corrected chi connectivity index (χ4v) is 3.14. The molecular formula is C19H21N5O4. The van der Waals surface area contributed by atoms with E-state index < -0.39 is 16.7 Å². The highest BCUT2D eigenvalue weighted by Gasteiger charge is 2.23. The fourth-order valence-electron chi connectivity index (χ4n) is 3.14. The number of rotatable bonds is 5. The number of hydrogen-bond acceptors (Lipinski definition) is 6. The SMILES string of the molecule is O=C(NCC1CCN(c2ccccn2)CC1)C(=O)Nc1ccccc1[N+](=O)[O-]. The summed E-state index contributed by atoms with van der Waals surface area (Å²) in [5.74, 6) is -0.512. The summed E-state index contributed by atoms with van der Waals surface area (Å²) in [6.45, 7) is 2.05. The number of carbonyl (C=O) groups excluding carboxylic acids is 2. The van der Waals surface area contributed by atoms with Crippen LogP contribution in [0.15, 0.2) is 48.7 Å². The topological polar surface area (TPSA) is 117 Å².